The molecule has 0 bridgehead atoms. The third-order valence-corrected chi connectivity index (χ3v) is 2.04. The quantitative estimate of drug-likeness (QED) is 0.810. The van der Waals surface area contributed by atoms with Crippen LogP contribution in [0.5, 0.6) is 0 Å². The van der Waals surface area contributed by atoms with Crippen LogP contribution in [0.2, 0.25) is 0 Å². The van der Waals surface area contributed by atoms with Gasteiger partial charge in [0.25, 0.3) is 0 Å². The van der Waals surface area contributed by atoms with Gasteiger partial charge in [0.1, 0.15) is 0 Å². The van der Waals surface area contributed by atoms with Gasteiger partial charge in [-0.05, 0) is 18.1 Å². The van der Waals surface area contributed by atoms with Gasteiger partial charge in [-0.2, -0.15) is 13.2 Å². The van der Waals surface area contributed by atoms with Crippen molar-refractivity contribution in [3.05, 3.63) is 35.4 Å². The van der Waals surface area contributed by atoms with Crippen molar-refractivity contribution in [2.75, 3.05) is 6.61 Å². The summed E-state index contributed by atoms with van der Waals surface area (Å²) in [6, 6.07) is 4.58. The first-order chi connectivity index (χ1) is 6.95. The molecule has 1 unspecified atom stereocenters. The summed E-state index contributed by atoms with van der Waals surface area (Å²) in [7, 11) is 0. The molecule has 0 spiro atoms. The van der Waals surface area contributed by atoms with Gasteiger partial charge in [0.2, 0.25) is 0 Å². The fourth-order valence-corrected chi connectivity index (χ4v) is 1.32. The second-order valence-corrected chi connectivity index (χ2v) is 3.30. The zero-order valence-corrected chi connectivity index (χ0v) is 7.96. The minimum atomic E-state index is -4.37. The van der Waals surface area contributed by atoms with Gasteiger partial charge in [-0.25, -0.2) is 0 Å². The smallest absolute Gasteiger partial charge is 0.395 e. The zero-order chi connectivity index (χ0) is 11.5. The van der Waals surface area contributed by atoms with Crippen molar-refractivity contribution in [1.29, 1.82) is 0 Å². The molecule has 1 rings (SSSR count). The topological polar surface area (TPSA) is 46.2 Å². The Morgan fingerprint density at radius 1 is 1.27 bits per heavy atom. The summed E-state index contributed by atoms with van der Waals surface area (Å²) in [6.45, 7) is -0.327. The Morgan fingerprint density at radius 2 is 1.87 bits per heavy atom. The monoisotopic (exact) mass is 219 g/mol. The molecule has 0 radical (unpaired) electrons. The van der Waals surface area contributed by atoms with Gasteiger partial charge in [-0.3, -0.25) is 0 Å². The van der Waals surface area contributed by atoms with E-state index in [2.05, 4.69) is 0 Å². The van der Waals surface area contributed by atoms with E-state index in [1.807, 2.05) is 0 Å². The Morgan fingerprint density at radius 3 is 2.40 bits per heavy atom. The van der Waals surface area contributed by atoms with E-state index in [0.29, 0.717) is 0 Å². The molecule has 0 amide bonds. The SMILES string of the molecule is NC(CO)Cc1ccccc1C(F)(F)F. The van der Waals surface area contributed by atoms with Gasteiger partial charge in [0.15, 0.2) is 0 Å². The van der Waals surface area contributed by atoms with Crippen LogP contribution >= 0.6 is 0 Å². The molecule has 15 heavy (non-hydrogen) atoms. The third-order valence-electron chi connectivity index (χ3n) is 2.04. The number of aliphatic hydroxyl groups is 1. The molecule has 0 heterocycles. The fourth-order valence-electron chi connectivity index (χ4n) is 1.32. The summed E-state index contributed by atoms with van der Waals surface area (Å²) in [4.78, 5) is 0. The van der Waals surface area contributed by atoms with Crippen LogP contribution in [0.4, 0.5) is 13.2 Å². The average molecular weight is 219 g/mol. The molecule has 1 aromatic rings. The summed E-state index contributed by atoms with van der Waals surface area (Å²) >= 11 is 0. The Bertz CT molecular complexity index is 325. The second kappa shape index (κ2) is 4.63. The Balaban J connectivity index is 2.97. The first-order valence-corrected chi connectivity index (χ1v) is 4.46. The molecule has 0 aromatic heterocycles. The Kier molecular flexibility index (Phi) is 3.71. The van der Waals surface area contributed by atoms with Gasteiger partial charge >= 0.3 is 6.18 Å². The number of aliphatic hydroxyl groups excluding tert-OH is 1. The summed E-state index contributed by atoms with van der Waals surface area (Å²) in [5, 5.41) is 8.68. The van der Waals surface area contributed by atoms with Crippen LogP contribution < -0.4 is 5.73 Å². The van der Waals surface area contributed by atoms with E-state index in [-0.39, 0.29) is 18.6 Å². The Labute approximate surface area is 85.5 Å². The number of hydrogen-bond donors (Lipinski definition) is 2. The average Bonchev–Trinajstić information content (AvgIpc) is 2.17. The van der Waals surface area contributed by atoms with Crippen molar-refractivity contribution in [3.63, 3.8) is 0 Å². The molecular formula is C10H12F3NO. The van der Waals surface area contributed by atoms with Crippen LogP contribution in [0.3, 0.4) is 0 Å². The summed E-state index contributed by atoms with van der Waals surface area (Å²) < 4.78 is 37.5. The predicted octanol–water partition coefficient (Wildman–Crippen LogP) is 1.57. The molecule has 0 aliphatic heterocycles. The second-order valence-electron chi connectivity index (χ2n) is 3.30. The molecule has 1 aromatic carbocycles. The maximum Gasteiger partial charge on any atom is 0.416 e. The number of nitrogens with two attached hydrogens (primary N) is 1. The van der Waals surface area contributed by atoms with E-state index in [9.17, 15) is 13.2 Å². The van der Waals surface area contributed by atoms with Gasteiger partial charge in [0, 0.05) is 6.04 Å². The predicted molar refractivity (Wildman–Crippen MR) is 50.2 cm³/mol. The van der Waals surface area contributed by atoms with Crippen molar-refractivity contribution in [3.8, 4) is 0 Å². The van der Waals surface area contributed by atoms with Gasteiger partial charge in [-0.15, -0.1) is 0 Å². The molecule has 1 atom stereocenters. The van der Waals surface area contributed by atoms with E-state index >= 15 is 0 Å². The number of rotatable bonds is 3. The molecule has 5 heteroatoms. The molecule has 0 saturated heterocycles. The van der Waals surface area contributed by atoms with Crippen molar-refractivity contribution < 1.29 is 18.3 Å². The van der Waals surface area contributed by atoms with E-state index in [1.165, 1.54) is 18.2 Å². The molecule has 0 saturated carbocycles. The van der Waals surface area contributed by atoms with E-state index in [1.54, 1.807) is 0 Å². The van der Waals surface area contributed by atoms with Crippen LogP contribution in [0.15, 0.2) is 24.3 Å². The first-order valence-electron chi connectivity index (χ1n) is 4.46. The normalized spacial score (nSPS) is 13.9. The maximum atomic E-state index is 12.5. The molecule has 0 fully saturated rings. The van der Waals surface area contributed by atoms with E-state index in [4.69, 9.17) is 10.8 Å². The van der Waals surface area contributed by atoms with E-state index < -0.39 is 17.8 Å². The van der Waals surface area contributed by atoms with E-state index in [0.717, 1.165) is 6.07 Å². The highest BCUT2D eigenvalue weighted by Gasteiger charge is 2.32. The van der Waals surface area contributed by atoms with Gasteiger partial charge in [-0.1, -0.05) is 18.2 Å². The number of benzene rings is 1. The van der Waals surface area contributed by atoms with Crippen molar-refractivity contribution >= 4 is 0 Å². The number of alkyl halides is 3. The lowest BCUT2D eigenvalue weighted by Crippen LogP contribution is -2.28. The highest BCUT2D eigenvalue weighted by atomic mass is 19.4. The molecule has 3 N–H and O–H groups in total. The zero-order valence-electron chi connectivity index (χ0n) is 7.96. The van der Waals surface area contributed by atoms with Crippen LogP contribution in [0.1, 0.15) is 11.1 Å². The van der Waals surface area contributed by atoms with Crippen molar-refractivity contribution in [1.82, 2.24) is 0 Å². The molecular weight excluding hydrogens is 207 g/mol. The van der Waals surface area contributed by atoms with Crippen LogP contribution in [-0.2, 0) is 12.6 Å². The highest BCUT2D eigenvalue weighted by molar-refractivity contribution is 5.30. The highest BCUT2D eigenvalue weighted by Crippen LogP contribution is 2.32. The lowest BCUT2D eigenvalue weighted by Gasteiger charge is -2.14. The van der Waals surface area contributed by atoms with Crippen LogP contribution in [-0.4, -0.2) is 17.8 Å². The van der Waals surface area contributed by atoms with Gasteiger partial charge < -0.3 is 10.8 Å². The Hall–Kier alpha value is -1.07. The summed E-state index contributed by atoms with van der Waals surface area (Å²) in [5.74, 6) is 0. The fraction of sp³-hybridized carbons (Fsp3) is 0.400. The summed E-state index contributed by atoms with van der Waals surface area (Å²) in [5.41, 5.74) is 4.83. The van der Waals surface area contributed by atoms with Crippen LogP contribution in [0, 0.1) is 0 Å². The maximum absolute atomic E-state index is 12.5. The molecule has 84 valence electrons. The van der Waals surface area contributed by atoms with Crippen LogP contribution in [0.25, 0.3) is 0 Å². The minimum absolute atomic E-state index is 0.0200. The number of hydrogen-bond acceptors (Lipinski definition) is 2. The van der Waals surface area contributed by atoms with Gasteiger partial charge in [0.05, 0.1) is 12.2 Å². The molecule has 0 aliphatic carbocycles. The van der Waals surface area contributed by atoms with Crippen molar-refractivity contribution in [2.45, 2.75) is 18.6 Å². The molecule has 2 nitrogen and oxygen atoms in total. The lowest BCUT2D eigenvalue weighted by molar-refractivity contribution is -0.138. The lowest BCUT2D eigenvalue weighted by atomic mass is 10.0. The summed E-state index contributed by atoms with van der Waals surface area (Å²) in [6.07, 6.45) is -4.35. The number of halogens is 3. The minimum Gasteiger partial charge on any atom is -0.395 e. The van der Waals surface area contributed by atoms with Crippen molar-refractivity contribution in [2.24, 2.45) is 5.73 Å². The third kappa shape index (κ3) is 3.21. The largest absolute Gasteiger partial charge is 0.416 e. The standard InChI is InChI=1S/C10H12F3NO/c11-10(12,13)9-4-2-1-3-7(9)5-8(14)6-15/h1-4,8,15H,5-6,14H2. The first kappa shape index (κ1) is 12.0. The molecule has 0 aliphatic rings.